The van der Waals surface area contributed by atoms with Gasteiger partial charge in [-0.15, -0.1) is 0 Å². The van der Waals surface area contributed by atoms with E-state index < -0.39 is 0 Å². The Balaban J connectivity index is 1.42. The molecule has 3 aromatic heterocycles. The molecule has 58 heavy (non-hydrogen) atoms. The highest BCUT2D eigenvalue weighted by atomic mass is 16.5. The molecule has 5 heterocycles. The highest BCUT2D eigenvalue weighted by Crippen LogP contribution is 2.45. The molecule has 3 aliphatic rings. The fourth-order valence-electron chi connectivity index (χ4n) is 8.27. The van der Waals surface area contributed by atoms with Crippen molar-refractivity contribution in [3.05, 3.63) is 143 Å². The van der Waals surface area contributed by atoms with Gasteiger partial charge < -0.3 is 28.9 Å². The number of nitrogens with zero attached hydrogens (tertiary/aromatic N) is 2. The van der Waals surface area contributed by atoms with Crippen molar-refractivity contribution < 1.29 is 23.7 Å². The van der Waals surface area contributed by atoms with E-state index in [-0.39, 0.29) is 5.78 Å². The molecule has 1 aliphatic carbocycles. The van der Waals surface area contributed by atoms with Crippen LogP contribution in [0.25, 0.3) is 90.9 Å². The van der Waals surface area contributed by atoms with Crippen molar-refractivity contribution in [2.75, 3.05) is 28.4 Å². The standard InChI is InChI=1S/C49H36N4O5/c1-55-30-12-5-9-27(23-30)43-35-17-18-36(50-35)44(28-10-6-13-31(24-28)56-2)38-21-22-40(52-38)46-33-15-8-16-42(58-4)47(33)49(54)34-26-41(53-48(34)46)45(39-20-19-37(43)51-39)29-11-7-14-32(25-29)57-3/h5-26,50,53H,1-4H3. The van der Waals surface area contributed by atoms with E-state index in [0.717, 1.165) is 78.4 Å². The summed E-state index contributed by atoms with van der Waals surface area (Å²) in [7, 11) is 6.57. The number of ketones is 1. The molecule has 2 N–H and O–H groups in total. The van der Waals surface area contributed by atoms with E-state index in [1.54, 1.807) is 28.4 Å². The van der Waals surface area contributed by atoms with Crippen LogP contribution in [0.5, 0.6) is 23.0 Å². The first-order valence-corrected chi connectivity index (χ1v) is 18.8. The molecule has 4 aromatic carbocycles. The molecule has 10 rings (SSSR count). The van der Waals surface area contributed by atoms with Crippen LogP contribution in [0.15, 0.2) is 109 Å². The lowest BCUT2D eigenvalue weighted by molar-refractivity contribution is 0.103. The zero-order chi connectivity index (χ0) is 39.5. The van der Waals surface area contributed by atoms with Crippen LogP contribution in [0.4, 0.5) is 0 Å². The number of H-pyrrole nitrogens is 2. The smallest absolute Gasteiger partial charge is 0.199 e. The molecule has 0 radical (unpaired) electrons. The van der Waals surface area contributed by atoms with E-state index in [2.05, 4.69) is 34.2 Å². The lowest BCUT2D eigenvalue weighted by Gasteiger charge is -2.18. The van der Waals surface area contributed by atoms with Crippen LogP contribution in [0, 0.1) is 0 Å². The molecule has 9 nitrogen and oxygen atoms in total. The summed E-state index contributed by atoms with van der Waals surface area (Å²) in [5, 5.41) is 0. The number of hydrogen-bond donors (Lipinski definition) is 2. The number of nitrogens with one attached hydrogen (secondary N) is 2. The first kappa shape index (κ1) is 34.8. The van der Waals surface area contributed by atoms with Crippen molar-refractivity contribution in [2.24, 2.45) is 0 Å². The van der Waals surface area contributed by atoms with Crippen LogP contribution in [-0.4, -0.2) is 54.2 Å². The first-order valence-electron chi connectivity index (χ1n) is 18.8. The Bertz CT molecular complexity index is 3100. The van der Waals surface area contributed by atoms with Crippen molar-refractivity contribution in [1.29, 1.82) is 0 Å². The van der Waals surface area contributed by atoms with E-state index in [1.807, 2.05) is 109 Å². The summed E-state index contributed by atoms with van der Waals surface area (Å²) in [5.74, 6) is 2.49. The number of hydrogen-bond acceptors (Lipinski definition) is 7. The topological polar surface area (TPSA) is 111 Å². The summed E-state index contributed by atoms with van der Waals surface area (Å²) in [6, 6.07) is 35.6. The zero-order valence-corrected chi connectivity index (χ0v) is 32.1. The van der Waals surface area contributed by atoms with E-state index in [9.17, 15) is 4.79 Å². The van der Waals surface area contributed by atoms with Gasteiger partial charge in [0.25, 0.3) is 0 Å². The molecule has 0 atom stereocenters. The Kier molecular flexibility index (Phi) is 8.30. The number of aromatic nitrogens is 4. The Morgan fingerprint density at radius 2 is 0.897 bits per heavy atom. The normalized spacial score (nSPS) is 12.4. The lowest BCUT2D eigenvalue weighted by atomic mass is 9.86. The number of ether oxygens (including phenoxy) is 4. The fourth-order valence-corrected chi connectivity index (χ4v) is 8.27. The molecule has 8 bridgehead atoms. The number of fused-ring (bicyclic) bond motifs is 10. The van der Waals surface area contributed by atoms with Gasteiger partial charge in [0.15, 0.2) is 5.78 Å². The molecule has 0 saturated carbocycles. The second-order valence-corrected chi connectivity index (χ2v) is 14.1. The van der Waals surface area contributed by atoms with E-state index in [1.165, 1.54) is 0 Å². The predicted molar refractivity (Wildman–Crippen MR) is 230 cm³/mol. The van der Waals surface area contributed by atoms with Crippen LogP contribution < -0.4 is 18.9 Å². The van der Waals surface area contributed by atoms with Gasteiger partial charge in [-0.2, -0.15) is 0 Å². The van der Waals surface area contributed by atoms with Crippen LogP contribution >= 0.6 is 0 Å². The predicted octanol–water partition coefficient (Wildman–Crippen LogP) is 10.9. The van der Waals surface area contributed by atoms with Gasteiger partial charge in [0.05, 0.1) is 62.3 Å². The maximum Gasteiger partial charge on any atom is 0.199 e. The number of benzene rings is 4. The SMILES string of the molecule is COc1cccc(-c2c3nc(c(-c4cccc(OC)c4)c4cc5c([nH]4)c(c4nc(c(-c6cccc(OC)c6)c6ccc2[nH]6)C=C4)-c2cccc(OC)c2C5=O)C=C3)c1. The maximum atomic E-state index is 14.6. The monoisotopic (exact) mass is 760 g/mol. The zero-order valence-electron chi connectivity index (χ0n) is 32.1. The number of aromatic amines is 2. The summed E-state index contributed by atoms with van der Waals surface area (Å²) in [6.45, 7) is 0. The quantitative estimate of drug-likeness (QED) is 0.166. The summed E-state index contributed by atoms with van der Waals surface area (Å²) in [6.07, 6.45) is 8.10. The minimum Gasteiger partial charge on any atom is -0.497 e. The van der Waals surface area contributed by atoms with Gasteiger partial charge in [0.2, 0.25) is 0 Å². The molecule has 0 fully saturated rings. The third-order valence-corrected chi connectivity index (χ3v) is 10.9. The summed E-state index contributed by atoms with van der Waals surface area (Å²) < 4.78 is 22.9. The third-order valence-electron chi connectivity index (χ3n) is 10.9. The average Bonchev–Trinajstić information content (AvgIpc) is 4.11. The summed E-state index contributed by atoms with van der Waals surface area (Å²) in [5.41, 5.74) is 13.8. The van der Waals surface area contributed by atoms with E-state index >= 15 is 0 Å². The van der Waals surface area contributed by atoms with Crippen molar-refractivity contribution in [2.45, 2.75) is 0 Å². The maximum absolute atomic E-state index is 14.6. The number of methoxy groups -OCH3 is 4. The van der Waals surface area contributed by atoms with Gasteiger partial charge >= 0.3 is 0 Å². The van der Waals surface area contributed by atoms with E-state index in [0.29, 0.717) is 45.0 Å². The van der Waals surface area contributed by atoms with Crippen molar-refractivity contribution >= 4 is 52.2 Å². The number of carbonyl (C=O) groups is 1. The minimum absolute atomic E-state index is 0.143. The second kappa shape index (κ2) is 13.8. The van der Waals surface area contributed by atoms with E-state index in [4.69, 9.17) is 28.9 Å². The minimum atomic E-state index is -0.143. The lowest BCUT2D eigenvalue weighted by Crippen LogP contribution is -2.10. The summed E-state index contributed by atoms with van der Waals surface area (Å²) >= 11 is 0. The average molecular weight is 761 g/mol. The van der Waals surface area contributed by atoms with Crippen LogP contribution in [0.2, 0.25) is 0 Å². The molecule has 282 valence electrons. The van der Waals surface area contributed by atoms with Crippen LogP contribution in [-0.2, 0) is 0 Å². The summed E-state index contributed by atoms with van der Waals surface area (Å²) in [4.78, 5) is 32.9. The highest BCUT2D eigenvalue weighted by molar-refractivity contribution is 6.25. The Hall–Kier alpha value is -7.65. The molecule has 2 aliphatic heterocycles. The van der Waals surface area contributed by atoms with Gasteiger partial charge in [0.1, 0.15) is 23.0 Å². The van der Waals surface area contributed by atoms with Crippen molar-refractivity contribution in [1.82, 2.24) is 19.9 Å². The fraction of sp³-hybridized carbons (Fsp3) is 0.0816. The molecule has 0 amide bonds. The van der Waals surface area contributed by atoms with Gasteiger partial charge in [0, 0.05) is 49.9 Å². The van der Waals surface area contributed by atoms with Crippen molar-refractivity contribution in [3.63, 3.8) is 0 Å². The second-order valence-electron chi connectivity index (χ2n) is 14.1. The molecule has 0 unspecified atom stereocenters. The van der Waals surface area contributed by atoms with Gasteiger partial charge in [-0.25, -0.2) is 9.97 Å². The first-order chi connectivity index (χ1) is 28.5. The number of carbonyl (C=O) groups excluding carboxylic acids is 1. The van der Waals surface area contributed by atoms with Gasteiger partial charge in [-0.1, -0.05) is 48.5 Å². The van der Waals surface area contributed by atoms with Crippen molar-refractivity contribution in [3.8, 4) is 67.5 Å². The Morgan fingerprint density at radius 3 is 1.38 bits per heavy atom. The molecule has 0 saturated heterocycles. The molecule has 0 spiro atoms. The molecular weight excluding hydrogens is 725 g/mol. The number of rotatable bonds is 7. The van der Waals surface area contributed by atoms with Gasteiger partial charge in [-0.05, 0) is 102 Å². The highest BCUT2D eigenvalue weighted by Gasteiger charge is 2.31. The molecular formula is C49H36N4O5. The molecule has 7 aromatic rings. The van der Waals surface area contributed by atoms with Crippen LogP contribution in [0.1, 0.15) is 38.7 Å². The Labute approximate surface area is 333 Å². The third kappa shape index (κ3) is 5.58. The Morgan fingerprint density at radius 1 is 0.431 bits per heavy atom. The van der Waals surface area contributed by atoms with Crippen LogP contribution in [0.3, 0.4) is 0 Å². The largest absolute Gasteiger partial charge is 0.497 e. The van der Waals surface area contributed by atoms with Gasteiger partial charge in [-0.3, -0.25) is 4.79 Å². The molecule has 9 heteroatoms.